The van der Waals surface area contributed by atoms with Crippen LogP contribution in [0.5, 0.6) is 0 Å². The van der Waals surface area contributed by atoms with E-state index in [9.17, 15) is 0 Å². The Morgan fingerprint density at radius 1 is 1.40 bits per heavy atom. The van der Waals surface area contributed by atoms with Crippen molar-refractivity contribution in [2.24, 2.45) is 5.84 Å². The highest BCUT2D eigenvalue weighted by molar-refractivity contribution is 7.80. The molecule has 0 aromatic heterocycles. The molecule has 0 saturated heterocycles. The minimum Gasteiger partial charge on any atom is -0.331 e. The Morgan fingerprint density at radius 2 is 2.00 bits per heavy atom. The van der Waals surface area contributed by atoms with E-state index in [0.717, 1.165) is 5.69 Å². The Morgan fingerprint density at radius 3 is 2.53 bits per heavy atom. The first-order valence-corrected chi connectivity index (χ1v) is 5.31. The van der Waals surface area contributed by atoms with Crippen LogP contribution in [0, 0.1) is 0 Å². The maximum absolute atomic E-state index is 5.54. The second-order valence-corrected chi connectivity index (χ2v) is 4.17. The van der Waals surface area contributed by atoms with Crippen LogP contribution in [0.25, 0.3) is 0 Å². The Balaban J connectivity index is 2.89. The zero-order chi connectivity index (χ0) is 11.4. The van der Waals surface area contributed by atoms with Gasteiger partial charge in [0, 0.05) is 12.7 Å². The lowest BCUT2D eigenvalue weighted by Gasteiger charge is -2.18. The van der Waals surface area contributed by atoms with Crippen molar-refractivity contribution >= 4 is 23.0 Å². The van der Waals surface area contributed by atoms with E-state index in [2.05, 4.69) is 25.2 Å². The predicted octanol–water partition coefficient (Wildman–Crippen LogP) is 2.31. The van der Waals surface area contributed by atoms with Crippen molar-refractivity contribution in [2.45, 2.75) is 19.8 Å². The molecule has 1 rings (SSSR count). The van der Waals surface area contributed by atoms with Crippen LogP contribution in [-0.2, 0) is 0 Å². The summed E-state index contributed by atoms with van der Waals surface area (Å²) in [4.78, 5) is 0. The summed E-state index contributed by atoms with van der Waals surface area (Å²) in [5.74, 6) is 6.00. The van der Waals surface area contributed by atoms with Crippen molar-refractivity contribution in [1.82, 2.24) is 5.01 Å². The highest BCUT2D eigenvalue weighted by atomic mass is 32.1. The molecule has 0 aliphatic heterocycles. The van der Waals surface area contributed by atoms with Crippen molar-refractivity contribution < 1.29 is 0 Å². The Labute approximate surface area is 96.2 Å². The molecule has 1 aromatic rings. The van der Waals surface area contributed by atoms with Crippen molar-refractivity contribution in [3.05, 3.63) is 29.8 Å². The largest absolute Gasteiger partial charge is 0.331 e. The molecule has 3 N–H and O–H groups in total. The number of anilines is 1. The molecular weight excluding hydrogens is 206 g/mol. The van der Waals surface area contributed by atoms with Crippen LogP contribution in [0.2, 0.25) is 0 Å². The van der Waals surface area contributed by atoms with Crippen LogP contribution in [-0.4, -0.2) is 17.2 Å². The fraction of sp³-hybridized carbons (Fsp3) is 0.364. The first-order chi connectivity index (χ1) is 7.02. The van der Waals surface area contributed by atoms with Crippen LogP contribution in [0.3, 0.4) is 0 Å². The average molecular weight is 223 g/mol. The van der Waals surface area contributed by atoms with Gasteiger partial charge < -0.3 is 5.32 Å². The normalized spacial score (nSPS) is 10.2. The molecule has 0 heterocycles. The molecule has 82 valence electrons. The molecule has 0 spiro atoms. The third-order valence-corrected chi connectivity index (χ3v) is 2.53. The van der Waals surface area contributed by atoms with E-state index in [0.29, 0.717) is 11.0 Å². The smallest absolute Gasteiger partial charge is 0.187 e. The molecule has 4 heteroatoms. The van der Waals surface area contributed by atoms with E-state index in [-0.39, 0.29) is 0 Å². The minimum atomic E-state index is 0.458. The summed E-state index contributed by atoms with van der Waals surface area (Å²) in [7, 11) is 1.72. The van der Waals surface area contributed by atoms with Gasteiger partial charge in [0.2, 0.25) is 0 Å². The number of benzene rings is 1. The minimum absolute atomic E-state index is 0.458. The second-order valence-electron chi connectivity index (χ2n) is 3.78. The van der Waals surface area contributed by atoms with Gasteiger partial charge in [0.05, 0.1) is 0 Å². The maximum Gasteiger partial charge on any atom is 0.187 e. The van der Waals surface area contributed by atoms with Crippen molar-refractivity contribution in [2.75, 3.05) is 12.4 Å². The van der Waals surface area contributed by atoms with Gasteiger partial charge in [0.15, 0.2) is 5.11 Å². The molecule has 0 amide bonds. The van der Waals surface area contributed by atoms with E-state index in [1.807, 2.05) is 18.2 Å². The zero-order valence-corrected chi connectivity index (χ0v) is 10.1. The monoisotopic (exact) mass is 223 g/mol. The SMILES string of the molecule is CC(C)c1ccccc1NC(=S)N(C)N. The van der Waals surface area contributed by atoms with Gasteiger partial charge in [-0.15, -0.1) is 0 Å². The fourth-order valence-corrected chi connectivity index (χ4v) is 1.43. The number of thiocarbonyl (C=S) groups is 1. The molecule has 0 aliphatic carbocycles. The number of nitrogens with zero attached hydrogens (tertiary/aromatic N) is 1. The third kappa shape index (κ3) is 3.18. The first kappa shape index (κ1) is 11.9. The zero-order valence-electron chi connectivity index (χ0n) is 9.32. The molecule has 0 unspecified atom stereocenters. The molecule has 0 aliphatic rings. The van der Waals surface area contributed by atoms with Gasteiger partial charge in [-0.2, -0.15) is 0 Å². The fourth-order valence-electron chi connectivity index (χ4n) is 1.32. The van der Waals surface area contributed by atoms with Gasteiger partial charge in [0.1, 0.15) is 0 Å². The number of para-hydroxylation sites is 1. The van der Waals surface area contributed by atoms with Crippen LogP contribution in [0.4, 0.5) is 5.69 Å². The van der Waals surface area contributed by atoms with E-state index in [4.69, 9.17) is 18.1 Å². The molecule has 0 fully saturated rings. The summed E-state index contributed by atoms with van der Waals surface area (Å²) < 4.78 is 0. The number of hydrazine groups is 1. The first-order valence-electron chi connectivity index (χ1n) is 4.90. The lowest BCUT2D eigenvalue weighted by molar-refractivity contribution is 0.548. The van der Waals surface area contributed by atoms with Crippen LogP contribution >= 0.6 is 12.2 Å². The molecule has 3 nitrogen and oxygen atoms in total. The molecule has 0 atom stereocenters. The third-order valence-electron chi connectivity index (χ3n) is 2.14. The van der Waals surface area contributed by atoms with Crippen LogP contribution < -0.4 is 11.2 Å². The number of nitrogens with one attached hydrogen (secondary N) is 1. The van der Waals surface area contributed by atoms with Gasteiger partial charge in [-0.3, -0.25) is 5.01 Å². The quantitative estimate of drug-likeness (QED) is 0.458. The van der Waals surface area contributed by atoms with Gasteiger partial charge in [-0.1, -0.05) is 32.0 Å². The van der Waals surface area contributed by atoms with Crippen molar-refractivity contribution in [3.8, 4) is 0 Å². The topological polar surface area (TPSA) is 41.3 Å². The Hall–Kier alpha value is -1.13. The summed E-state index contributed by atoms with van der Waals surface area (Å²) >= 11 is 5.10. The molecule has 0 bridgehead atoms. The van der Waals surface area contributed by atoms with E-state index in [1.165, 1.54) is 10.6 Å². The van der Waals surface area contributed by atoms with Crippen LogP contribution in [0.15, 0.2) is 24.3 Å². The molecule has 1 aromatic carbocycles. The summed E-state index contributed by atoms with van der Waals surface area (Å²) in [5, 5.41) is 5.04. The average Bonchev–Trinajstić information content (AvgIpc) is 2.18. The summed E-state index contributed by atoms with van der Waals surface area (Å²) in [6.07, 6.45) is 0. The Bertz CT molecular complexity index is 347. The number of rotatable bonds is 2. The summed E-state index contributed by atoms with van der Waals surface area (Å²) in [6.45, 7) is 4.30. The molecule has 15 heavy (non-hydrogen) atoms. The predicted molar refractivity (Wildman–Crippen MR) is 68.7 cm³/mol. The highest BCUT2D eigenvalue weighted by Crippen LogP contribution is 2.23. The highest BCUT2D eigenvalue weighted by Gasteiger charge is 2.07. The van der Waals surface area contributed by atoms with Gasteiger partial charge in [-0.05, 0) is 29.8 Å². The Kier molecular flexibility index (Phi) is 4.05. The number of hydrogen-bond acceptors (Lipinski definition) is 2. The molecule has 0 saturated carbocycles. The standard InChI is InChI=1S/C11H17N3S/c1-8(2)9-6-4-5-7-10(9)13-11(15)14(3)12/h4-8H,12H2,1-3H3,(H,13,15). The van der Waals surface area contributed by atoms with Crippen molar-refractivity contribution in [1.29, 1.82) is 0 Å². The van der Waals surface area contributed by atoms with E-state index in [1.54, 1.807) is 7.05 Å². The van der Waals surface area contributed by atoms with Gasteiger partial charge >= 0.3 is 0 Å². The van der Waals surface area contributed by atoms with Gasteiger partial charge in [-0.25, -0.2) is 5.84 Å². The molecule has 0 radical (unpaired) electrons. The van der Waals surface area contributed by atoms with E-state index < -0.39 is 0 Å². The van der Waals surface area contributed by atoms with Gasteiger partial charge in [0.25, 0.3) is 0 Å². The lowest BCUT2D eigenvalue weighted by atomic mass is 10.0. The molecular formula is C11H17N3S. The summed E-state index contributed by atoms with van der Waals surface area (Å²) in [5.41, 5.74) is 2.26. The van der Waals surface area contributed by atoms with Crippen molar-refractivity contribution in [3.63, 3.8) is 0 Å². The lowest BCUT2D eigenvalue weighted by Crippen LogP contribution is -2.36. The van der Waals surface area contributed by atoms with Crippen LogP contribution in [0.1, 0.15) is 25.3 Å². The maximum atomic E-state index is 5.54. The second kappa shape index (κ2) is 5.09. The summed E-state index contributed by atoms with van der Waals surface area (Å²) in [6, 6.07) is 8.10. The number of hydrogen-bond donors (Lipinski definition) is 2. The van der Waals surface area contributed by atoms with E-state index >= 15 is 0 Å². The number of nitrogens with two attached hydrogens (primary N) is 1.